The number of aromatic amines is 1. The van der Waals surface area contributed by atoms with Crippen molar-refractivity contribution in [2.45, 2.75) is 19.3 Å². The van der Waals surface area contributed by atoms with Crippen LogP contribution >= 0.6 is 22.9 Å². The molecule has 3 aromatic rings. The van der Waals surface area contributed by atoms with E-state index in [-0.39, 0.29) is 0 Å². The van der Waals surface area contributed by atoms with Gasteiger partial charge in [0.1, 0.15) is 5.02 Å². The molecular formula is C16H17ClN6S. The molecule has 4 heterocycles. The van der Waals surface area contributed by atoms with Gasteiger partial charge < -0.3 is 10.6 Å². The number of aromatic nitrogens is 4. The Kier molecular flexibility index (Phi) is 4.22. The summed E-state index contributed by atoms with van der Waals surface area (Å²) in [6, 6.07) is 6.10. The van der Waals surface area contributed by atoms with Crippen molar-refractivity contribution in [3.8, 4) is 10.7 Å². The Morgan fingerprint density at radius 2 is 2.29 bits per heavy atom. The average Bonchev–Trinajstić information content (AvgIpc) is 3.30. The van der Waals surface area contributed by atoms with Gasteiger partial charge in [-0.05, 0) is 32.0 Å². The van der Waals surface area contributed by atoms with Crippen molar-refractivity contribution in [3.05, 3.63) is 40.0 Å². The molecule has 124 valence electrons. The lowest BCUT2D eigenvalue weighted by Gasteiger charge is -2.06. The molecule has 6 nitrogen and oxygen atoms in total. The van der Waals surface area contributed by atoms with Gasteiger partial charge in [-0.3, -0.25) is 5.10 Å². The molecule has 8 heteroatoms. The second-order valence-electron chi connectivity index (χ2n) is 5.82. The number of nitrogens with zero attached hydrogens (tertiary/aromatic N) is 3. The van der Waals surface area contributed by atoms with Gasteiger partial charge in [-0.1, -0.05) is 11.6 Å². The summed E-state index contributed by atoms with van der Waals surface area (Å²) in [6.07, 6.45) is 2.74. The summed E-state index contributed by atoms with van der Waals surface area (Å²) < 4.78 is 0. The van der Waals surface area contributed by atoms with Crippen molar-refractivity contribution in [3.63, 3.8) is 0 Å². The predicted molar refractivity (Wildman–Crippen MR) is 97.2 cm³/mol. The summed E-state index contributed by atoms with van der Waals surface area (Å²) in [5.41, 5.74) is 1.13. The van der Waals surface area contributed by atoms with Crippen molar-refractivity contribution in [2.75, 3.05) is 18.4 Å². The van der Waals surface area contributed by atoms with Crippen LogP contribution in [-0.2, 0) is 0 Å². The number of nitrogens with one attached hydrogen (secondary N) is 3. The molecule has 3 aromatic heterocycles. The van der Waals surface area contributed by atoms with Gasteiger partial charge in [-0.2, -0.15) is 5.10 Å². The molecule has 3 N–H and O–H groups in total. The van der Waals surface area contributed by atoms with Crippen molar-refractivity contribution < 1.29 is 0 Å². The third kappa shape index (κ3) is 3.15. The minimum atomic E-state index is 0.471. The standard InChI is InChI=1S/C16H17ClN6S/c1-9-2-3-13(24-9)16-19-8-11(17)15(21-16)20-14-6-12(22-23-14)10-4-5-18-7-10/h2-3,6,8,10,18H,4-5,7H2,1H3,(H2,19,20,21,22,23). The fourth-order valence-corrected chi connectivity index (χ4v) is 3.73. The lowest BCUT2D eigenvalue weighted by molar-refractivity contribution is 0.729. The number of H-pyrrole nitrogens is 1. The average molecular weight is 361 g/mol. The quantitative estimate of drug-likeness (QED) is 0.661. The highest BCUT2D eigenvalue weighted by Gasteiger charge is 2.19. The first-order chi connectivity index (χ1) is 11.7. The van der Waals surface area contributed by atoms with Crippen molar-refractivity contribution in [1.29, 1.82) is 0 Å². The molecule has 0 bridgehead atoms. The Morgan fingerprint density at radius 1 is 1.38 bits per heavy atom. The van der Waals surface area contributed by atoms with Gasteiger partial charge in [0.15, 0.2) is 17.5 Å². The summed E-state index contributed by atoms with van der Waals surface area (Å²) in [5, 5.41) is 14.4. The van der Waals surface area contributed by atoms with Gasteiger partial charge in [0, 0.05) is 29.1 Å². The number of hydrogen-bond acceptors (Lipinski definition) is 6. The molecule has 4 rings (SSSR count). The Hall–Kier alpha value is -1.96. The number of thiophene rings is 1. The van der Waals surface area contributed by atoms with Crippen LogP contribution in [0, 0.1) is 6.92 Å². The summed E-state index contributed by atoms with van der Waals surface area (Å²) in [7, 11) is 0. The third-order valence-corrected chi connectivity index (χ3v) is 5.32. The van der Waals surface area contributed by atoms with Crippen LogP contribution in [0.5, 0.6) is 0 Å². The third-order valence-electron chi connectivity index (χ3n) is 4.05. The highest BCUT2D eigenvalue weighted by Crippen LogP contribution is 2.30. The molecule has 1 unspecified atom stereocenters. The molecule has 1 saturated heterocycles. The number of halogens is 1. The fraction of sp³-hybridized carbons (Fsp3) is 0.312. The lowest BCUT2D eigenvalue weighted by atomic mass is 10.1. The smallest absolute Gasteiger partial charge is 0.171 e. The molecule has 0 spiro atoms. The molecule has 1 aliphatic heterocycles. The van der Waals surface area contributed by atoms with E-state index in [0.717, 1.165) is 30.1 Å². The van der Waals surface area contributed by atoms with Gasteiger partial charge in [0.05, 0.1) is 11.1 Å². The van der Waals surface area contributed by atoms with Crippen molar-refractivity contribution in [2.24, 2.45) is 0 Å². The number of hydrogen-bond donors (Lipinski definition) is 3. The highest BCUT2D eigenvalue weighted by atomic mass is 35.5. The first-order valence-electron chi connectivity index (χ1n) is 7.81. The molecule has 1 aliphatic rings. The van der Waals surface area contributed by atoms with Crippen molar-refractivity contribution in [1.82, 2.24) is 25.5 Å². The molecule has 0 aromatic carbocycles. The molecule has 1 atom stereocenters. The summed E-state index contributed by atoms with van der Waals surface area (Å²) in [5.74, 6) is 2.43. The monoisotopic (exact) mass is 360 g/mol. The Labute approximate surface area is 148 Å². The maximum Gasteiger partial charge on any atom is 0.171 e. The molecule has 0 amide bonds. The minimum absolute atomic E-state index is 0.471. The Balaban J connectivity index is 1.57. The first-order valence-corrected chi connectivity index (χ1v) is 9.01. The van der Waals surface area contributed by atoms with Gasteiger partial charge >= 0.3 is 0 Å². The number of aryl methyl sites for hydroxylation is 1. The first kappa shape index (κ1) is 15.6. The minimum Gasteiger partial charge on any atom is -0.322 e. The van der Waals surface area contributed by atoms with Gasteiger partial charge in [0.2, 0.25) is 0 Å². The van der Waals surface area contributed by atoms with E-state index >= 15 is 0 Å². The second kappa shape index (κ2) is 6.51. The molecule has 0 saturated carbocycles. The van der Waals surface area contributed by atoms with Crippen LogP contribution in [0.3, 0.4) is 0 Å². The van der Waals surface area contributed by atoms with Crippen molar-refractivity contribution >= 4 is 34.6 Å². The summed E-state index contributed by atoms with van der Waals surface area (Å²) >= 11 is 7.90. The zero-order valence-electron chi connectivity index (χ0n) is 13.1. The van der Waals surface area contributed by atoms with Crippen LogP contribution in [0.15, 0.2) is 24.4 Å². The highest BCUT2D eigenvalue weighted by molar-refractivity contribution is 7.15. The van der Waals surface area contributed by atoms with E-state index in [9.17, 15) is 0 Å². The van der Waals surface area contributed by atoms with E-state index in [2.05, 4.69) is 43.8 Å². The lowest BCUT2D eigenvalue weighted by Crippen LogP contribution is -2.08. The van der Waals surface area contributed by atoms with Gasteiger partial charge in [0.25, 0.3) is 0 Å². The molecular weight excluding hydrogens is 344 g/mol. The second-order valence-corrected chi connectivity index (χ2v) is 7.52. The number of anilines is 2. The van der Waals surface area contributed by atoms with Gasteiger partial charge in [-0.15, -0.1) is 11.3 Å². The predicted octanol–water partition coefficient (Wildman–Crippen LogP) is 3.71. The van der Waals surface area contributed by atoms with Crippen LogP contribution in [0.1, 0.15) is 22.9 Å². The van der Waals surface area contributed by atoms with Crippen LogP contribution < -0.4 is 10.6 Å². The topological polar surface area (TPSA) is 78.5 Å². The normalized spacial score (nSPS) is 17.3. The largest absolute Gasteiger partial charge is 0.322 e. The van der Waals surface area contributed by atoms with E-state index in [4.69, 9.17) is 11.6 Å². The van der Waals surface area contributed by atoms with E-state index in [1.165, 1.54) is 4.88 Å². The molecule has 0 aliphatic carbocycles. The van der Waals surface area contributed by atoms with E-state index < -0.39 is 0 Å². The van der Waals surface area contributed by atoms with E-state index in [1.807, 2.05) is 12.1 Å². The zero-order chi connectivity index (χ0) is 16.5. The maximum atomic E-state index is 6.24. The zero-order valence-corrected chi connectivity index (χ0v) is 14.7. The van der Waals surface area contributed by atoms with Crippen LogP contribution in [-0.4, -0.2) is 33.3 Å². The SMILES string of the molecule is Cc1ccc(-c2ncc(Cl)c(Nc3cc(C4CCNC4)[nH]n3)n2)s1. The Bertz CT molecular complexity index is 852. The van der Waals surface area contributed by atoms with E-state index in [0.29, 0.717) is 28.4 Å². The maximum absolute atomic E-state index is 6.24. The molecule has 1 fully saturated rings. The molecule has 24 heavy (non-hydrogen) atoms. The van der Waals surface area contributed by atoms with E-state index in [1.54, 1.807) is 17.5 Å². The summed E-state index contributed by atoms with van der Waals surface area (Å²) in [4.78, 5) is 11.1. The summed E-state index contributed by atoms with van der Waals surface area (Å²) in [6.45, 7) is 4.10. The van der Waals surface area contributed by atoms with Crippen LogP contribution in [0.25, 0.3) is 10.7 Å². The Morgan fingerprint density at radius 3 is 3.04 bits per heavy atom. The van der Waals surface area contributed by atoms with Gasteiger partial charge in [-0.25, -0.2) is 9.97 Å². The van der Waals surface area contributed by atoms with Crippen LogP contribution in [0.2, 0.25) is 5.02 Å². The van der Waals surface area contributed by atoms with Crippen LogP contribution in [0.4, 0.5) is 11.6 Å². The fourth-order valence-electron chi connectivity index (χ4n) is 2.78. The number of rotatable bonds is 4. The molecule has 0 radical (unpaired) electrons.